The molecule has 0 aliphatic heterocycles. The summed E-state index contributed by atoms with van der Waals surface area (Å²) in [5, 5.41) is 3.98. The Balaban J connectivity index is 1.98. The molecular formula is C10H13BrN4O2S2. The third-order valence-corrected chi connectivity index (χ3v) is 6.46. The molecule has 0 aliphatic carbocycles. The SMILES string of the molecule is Cc1cc(S(=O)(=O)NCCn2cc(N)cn2)sc1Br. The van der Waals surface area contributed by atoms with Gasteiger partial charge in [0.2, 0.25) is 10.0 Å². The third kappa shape index (κ3) is 3.56. The van der Waals surface area contributed by atoms with Crippen LogP contribution in [-0.2, 0) is 16.6 Å². The second-order valence-corrected chi connectivity index (χ2v) is 8.32. The molecule has 2 heterocycles. The molecule has 0 saturated carbocycles. The van der Waals surface area contributed by atoms with Crippen molar-refractivity contribution in [3.63, 3.8) is 0 Å². The molecule has 6 nitrogen and oxygen atoms in total. The number of aromatic nitrogens is 2. The smallest absolute Gasteiger partial charge is 0.250 e. The molecular weight excluding hydrogens is 352 g/mol. The van der Waals surface area contributed by atoms with Gasteiger partial charge in [-0.15, -0.1) is 11.3 Å². The summed E-state index contributed by atoms with van der Waals surface area (Å²) in [6, 6.07) is 1.64. The van der Waals surface area contributed by atoms with Crippen molar-refractivity contribution < 1.29 is 8.42 Å². The number of hydrogen-bond acceptors (Lipinski definition) is 5. The van der Waals surface area contributed by atoms with Gasteiger partial charge in [-0.2, -0.15) is 5.10 Å². The van der Waals surface area contributed by atoms with Gasteiger partial charge in [-0.3, -0.25) is 4.68 Å². The van der Waals surface area contributed by atoms with Gasteiger partial charge in [0.05, 0.1) is 22.2 Å². The Labute approximate surface area is 123 Å². The molecule has 0 aromatic carbocycles. The quantitative estimate of drug-likeness (QED) is 0.842. The normalized spacial score (nSPS) is 11.9. The van der Waals surface area contributed by atoms with Crippen LogP contribution in [0.1, 0.15) is 5.56 Å². The summed E-state index contributed by atoms with van der Waals surface area (Å²) in [6.07, 6.45) is 3.18. The van der Waals surface area contributed by atoms with Crippen molar-refractivity contribution in [1.82, 2.24) is 14.5 Å². The first-order valence-corrected chi connectivity index (χ1v) is 8.51. The molecule has 2 rings (SSSR count). The number of anilines is 1. The Hall–Kier alpha value is -0.900. The lowest BCUT2D eigenvalue weighted by atomic mass is 10.4. The van der Waals surface area contributed by atoms with Crippen molar-refractivity contribution >= 4 is 43.0 Å². The van der Waals surface area contributed by atoms with Crippen LogP contribution in [0.2, 0.25) is 0 Å². The summed E-state index contributed by atoms with van der Waals surface area (Å²) >= 11 is 4.51. The maximum atomic E-state index is 12.0. The minimum Gasteiger partial charge on any atom is -0.396 e. The van der Waals surface area contributed by atoms with E-state index in [1.54, 1.807) is 16.9 Å². The van der Waals surface area contributed by atoms with E-state index in [9.17, 15) is 8.42 Å². The van der Waals surface area contributed by atoms with Gasteiger partial charge >= 0.3 is 0 Å². The molecule has 0 saturated heterocycles. The van der Waals surface area contributed by atoms with Crippen molar-refractivity contribution in [2.24, 2.45) is 0 Å². The monoisotopic (exact) mass is 364 g/mol. The molecule has 0 bridgehead atoms. The van der Waals surface area contributed by atoms with E-state index in [-0.39, 0.29) is 6.54 Å². The van der Waals surface area contributed by atoms with E-state index in [2.05, 4.69) is 25.8 Å². The second-order valence-electron chi connectivity index (χ2n) is 3.96. The Bertz CT molecular complexity index is 658. The third-order valence-electron chi connectivity index (χ3n) is 2.39. The van der Waals surface area contributed by atoms with Crippen LogP contribution < -0.4 is 10.5 Å². The summed E-state index contributed by atoms with van der Waals surface area (Å²) < 4.78 is 29.3. The second kappa shape index (κ2) is 5.61. The van der Waals surface area contributed by atoms with Crippen LogP contribution >= 0.6 is 27.3 Å². The number of hydrogen-bond donors (Lipinski definition) is 2. The average molecular weight is 365 g/mol. The lowest BCUT2D eigenvalue weighted by Gasteiger charge is -2.04. The summed E-state index contributed by atoms with van der Waals surface area (Å²) in [5.74, 6) is 0. The maximum absolute atomic E-state index is 12.0. The number of sulfonamides is 1. The van der Waals surface area contributed by atoms with Gasteiger partial charge < -0.3 is 5.73 Å². The van der Waals surface area contributed by atoms with E-state index >= 15 is 0 Å². The van der Waals surface area contributed by atoms with Crippen LogP contribution in [0.15, 0.2) is 26.5 Å². The molecule has 0 fully saturated rings. The van der Waals surface area contributed by atoms with Gasteiger partial charge in [0.15, 0.2) is 0 Å². The maximum Gasteiger partial charge on any atom is 0.250 e. The highest BCUT2D eigenvalue weighted by Gasteiger charge is 2.17. The summed E-state index contributed by atoms with van der Waals surface area (Å²) in [4.78, 5) is 0. The Morgan fingerprint density at radius 3 is 2.84 bits per heavy atom. The van der Waals surface area contributed by atoms with E-state index < -0.39 is 10.0 Å². The van der Waals surface area contributed by atoms with Crippen LogP contribution in [-0.4, -0.2) is 24.7 Å². The molecule has 2 aromatic heterocycles. The molecule has 0 radical (unpaired) electrons. The number of thiophene rings is 1. The molecule has 9 heteroatoms. The van der Waals surface area contributed by atoms with Crippen molar-refractivity contribution in [2.45, 2.75) is 17.7 Å². The van der Waals surface area contributed by atoms with E-state index in [0.29, 0.717) is 16.4 Å². The molecule has 0 aliphatic rings. The first-order valence-electron chi connectivity index (χ1n) is 5.42. The Kier molecular flexibility index (Phi) is 4.29. The molecule has 0 unspecified atom stereocenters. The lowest BCUT2D eigenvalue weighted by Crippen LogP contribution is -2.27. The van der Waals surface area contributed by atoms with Crippen molar-refractivity contribution in [2.75, 3.05) is 12.3 Å². The summed E-state index contributed by atoms with van der Waals surface area (Å²) in [7, 11) is -3.46. The van der Waals surface area contributed by atoms with E-state index in [1.807, 2.05) is 6.92 Å². The van der Waals surface area contributed by atoms with Crippen LogP contribution in [0.5, 0.6) is 0 Å². The van der Waals surface area contributed by atoms with Gasteiger partial charge in [-0.1, -0.05) is 0 Å². The van der Waals surface area contributed by atoms with Crippen LogP contribution in [0.3, 0.4) is 0 Å². The first-order chi connectivity index (χ1) is 8.88. The van der Waals surface area contributed by atoms with Gasteiger partial charge in [0, 0.05) is 12.7 Å². The lowest BCUT2D eigenvalue weighted by molar-refractivity contribution is 0.562. The fourth-order valence-corrected chi connectivity index (χ4v) is 4.72. The van der Waals surface area contributed by atoms with Crippen molar-refractivity contribution in [1.29, 1.82) is 0 Å². The van der Waals surface area contributed by atoms with Crippen LogP contribution in [0.25, 0.3) is 0 Å². The fraction of sp³-hybridized carbons (Fsp3) is 0.300. The Morgan fingerprint density at radius 2 is 2.32 bits per heavy atom. The van der Waals surface area contributed by atoms with Crippen molar-refractivity contribution in [3.8, 4) is 0 Å². The minimum absolute atomic E-state index is 0.262. The van der Waals surface area contributed by atoms with E-state index in [1.165, 1.54) is 17.5 Å². The number of nitrogens with one attached hydrogen (secondary N) is 1. The van der Waals surface area contributed by atoms with Gasteiger partial charge in [0.1, 0.15) is 4.21 Å². The first kappa shape index (κ1) is 14.5. The van der Waals surface area contributed by atoms with E-state index in [0.717, 1.165) is 9.35 Å². The zero-order valence-corrected chi connectivity index (χ0v) is 13.3. The zero-order valence-electron chi connectivity index (χ0n) is 10.1. The number of aryl methyl sites for hydroxylation is 1. The summed E-state index contributed by atoms with van der Waals surface area (Å²) in [5.41, 5.74) is 6.98. The van der Waals surface area contributed by atoms with E-state index in [4.69, 9.17) is 5.73 Å². The molecule has 19 heavy (non-hydrogen) atoms. The van der Waals surface area contributed by atoms with Crippen LogP contribution in [0.4, 0.5) is 5.69 Å². The topological polar surface area (TPSA) is 90.0 Å². The highest BCUT2D eigenvalue weighted by molar-refractivity contribution is 9.11. The average Bonchev–Trinajstić information content (AvgIpc) is 2.87. The molecule has 0 spiro atoms. The summed E-state index contributed by atoms with van der Waals surface area (Å²) in [6.45, 7) is 2.55. The van der Waals surface area contributed by atoms with Crippen molar-refractivity contribution in [3.05, 3.63) is 27.8 Å². The molecule has 3 N–H and O–H groups in total. The Morgan fingerprint density at radius 1 is 1.58 bits per heavy atom. The van der Waals surface area contributed by atoms with Gasteiger partial charge in [-0.25, -0.2) is 13.1 Å². The number of nitrogens with zero attached hydrogens (tertiary/aromatic N) is 2. The number of nitrogen functional groups attached to an aromatic ring is 1. The van der Waals surface area contributed by atoms with Gasteiger partial charge in [0.25, 0.3) is 0 Å². The van der Waals surface area contributed by atoms with Crippen LogP contribution in [0, 0.1) is 6.92 Å². The molecule has 0 amide bonds. The highest BCUT2D eigenvalue weighted by Crippen LogP contribution is 2.30. The minimum atomic E-state index is -3.46. The zero-order chi connectivity index (χ0) is 14.0. The standard InChI is InChI=1S/C10H13BrN4O2S2/c1-7-4-9(18-10(7)11)19(16,17)14-2-3-15-6-8(12)5-13-15/h4-6,14H,2-3,12H2,1H3. The number of halogens is 1. The fourth-order valence-electron chi connectivity index (χ4n) is 1.43. The number of nitrogens with two attached hydrogens (primary N) is 1. The predicted octanol–water partition coefficient (Wildman–Crippen LogP) is 1.58. The molecule has 104 valence electrons. The molecule has 2 aromatic rings. The number of rotatable bonds is 5. The highest BCUT2D eigenvalue weighted by atomic mass is 79.9. The predicted molar refractivity (Wildman–Crippen MR) is 78.6 cm³/mol. The molecule has 0 atom stereocenters. The van der Waals surface area contributed by atoms with Gasteiger partial charge in [-0.05, 0) is 34.5 Å². The largest absolute Gasteiger partial charge is 0.396 e.